The molecule has 0 saturated carbocycles. The maximum atomic E-state index is 10.5. The first-order valence-corrected chi connectivity index (χ1v) is 8.26. The molecule has 0 spiro atoms. The number of nitrogens with zero attached hydrogens (tertiary/aromatic N) is 2. The van der Waals surface area contributed by atoms with Crippen molar-refractivity contribution < 1.29 is 5.11 Å². The fraction of sp³-hybridized carbons (Fsp3) is 0.100. The number of hydrogen-bond acceptors (Lipinski definition) is 3. The fourth-order valence-electron chi connectivity index (χ4n) is 2.51. The Bertz CT molecular complexity index is 927. The summed E-state index contributed by atoms with van der Waals surface area (Å²) >= 11 is 0. The molecule has 25 heavy (non-hydrogen) atoms. The van der Waals surface area contributed by atoms with Crippen LogP contribution in [0.25, 0.3) is 34.0 Å². The van der Waals surface area contributed by atoms with Gasteiger partial charge in [0.15, 0.2) is 11.6 Å². The van der Waals surface area contributed by atoms with Crippen molar-refractivity contribution in [2.24, 2.45) is 0 Å². The molecule has 4 aromatic rings. The third kappa shape index (κ3) is 3.30. The van der Waals surface area contributed by atoms with Gasteiger partial charge in [0.1, 0.15) is 11.4 Å². The first-order chi connectivity index (χ1) is 12.3. The Kier molecular flexibility index (Phi) is 4.95. The van der Waals surface area contributed by atoms with Gasteiger partial charge in [-0.3, -0.25) is 5.10 Å². The van der Waals surface area contributed by atoms with E-state index in [0.717, 1.165) is 16.8 Å². The van der Waals surface area contributed by atoms with Crippen molar-refractivity contribution >= 4 is 0 Å². The molecule has 126 valence electrons. The standard InChI is InChI=1S/C18H14N4O.C2H6/c23-17-15(13-9-5-2-6-10-13)21-22-16(17)18-19-11-14(20-18)12-7-3-1-4-8-12;1-2/h1-11,23H,(H,19,20)(H,21,22);1-2H3. The minimum atomic E-state index is 0.0881. The molecule has 0 amide bonds. The molecule has 0 aliphatic carbocycles. The molecule has 0 atom stereocenters. The average molecular weight is 332 g/mol. The monoisotopic (exact) mass is 332 g/mol. The molecular formula is C20H20N4O. The van der Waals surface area contributed by atoms with E-state index in [9.17, 15) is 5.11 Å². The van der Waals surface area contributed by atoms with E-state index < -0.39 is 0 Å². The fourth-order valence-corrected chi connectivity index (χ4v) is 2.51. The summed E-state index contributed by atoms with van der Waals surface area (Å²) in [5.41, 5.74) is 3.76. The predicted octanol–water partition coefficient (Wildman–Crippen LogP) is 4.87. The number of aromatic hydroxyl groups is 1. The summed E-state index contributed by atoms with van der Waals surface area (Å²) in [5, 5.41) is 17.5. The van der Waals surface area contributed by atoms with E-state index in [1.807, 2.05) is 74.5 Å². The lowest BCUT2D eigenvalue weighted by atomic mass is 10.1. The summed E-state index contributed by atoms with van der Waals surface area (Å²) in [6, 6.07) is 19.4. The first-order valence-electron chi connectivity index (χ1n) is 8.26. The maximum absolute atomic E-state index is 10.5. The van der Waals surface area contributed by atoms with E-state index in [1.165, 1.54) is 0 Å². The van der Waals surface area contributed by atoms with Crippen LogP contribution >= 0.6 is 0 Å². The lowest BCUT2D eigenvalue weighted by Gasteiger charge is -1.98. The molecule has 0 aliphatic rings. The Morgan fingerprint density at radius 2 is 1.44 bits per heavy atom. The number of rotatable bonds is 3. The quantitative estimate of drug-likeness (QED) is 0.501. The van der Waals surface area contributed by atoms with E-state index >= 15 is 0 Å². The van der Waals surface area contributed by atoms with E-state index in [4.69, 9.17) is 0 Å². The van der Waals surface area contributed by atoms with Gasteiger partial charge >= 0.3 is 0 Å². The molecule has 3 N–H and O–H groups in total. The highest BCUT2D eigenvalue weighted by Crippen LogP contribution is 2.35. The number of aromatic nitrogens is 4. The molecule has 0 unspecified atom stereocenters. The minimum absolute atomic E-state index is 0.0881. The Morgan fingerprint density at radius 1 is 0.840 bits per heavy atom. The van der Waals surface area contributed by atoms with Crippen molar-refractivity contribution in [1.29, 1.82) is 0 Å². The topological polar surface area (TPSA) is 77.6 Å². The van der Waals surface area contributed by atoms with Crippen molar-refractivity contribution in [3.8, 4) is 39.8 Å². The Balaban J connectivity index is 0.000000880. The number of nitrogens with one attached hydrogen (secondary N) is 2. The van der Waals surface area contributed by atoms with E-state index in [2.05, 4.69) is 20.2 Å². The number of H-pyrrole nitrogens is 2. The summed E-state index contributed by atoms with van der Waals surface area (Å²) in [6.45, 7) is 4.00. The Hall–Kier alpha value is -3.34. The van der Waals surface area contributed by atoms with Crippen LogP contribution in [0.4, 0.5) is 0 Å². The average Bonchev–Trinajstić information content (AvgIpc) is 3.31. The lowest BCUT2D eigenvalue weighted by molar-refractivity contribution is 0.479. The third-order valence-corrected chi connectivity index (χ3v) is 3.69. The largest absolute Gasteiger partial charge is 0.504 e. The van der Waals surface area contributed by atoms with Gasteiger partial charge in [-0.15, -0.1) is 0 Å². The van der Waals surface area contributed by atoms with Crippen LogP contribution in [0.3, 0.4) is 0 Å². The number of imidazole rings is 1. The second-order valence-corrected chi connectivity index (χ2v) is 5.17. The second-order valence-electron chi connectivity index (χ2n) is 5.17. The van der Waals surface area contributed by atoms with Crippen molar-refractivity contribution in [2.75, 3.05) is 0 Å². The summed E-state index contributed by atoms with van der Waals surface area (Å²) in [5.74, 6) is 0.640. The molecule has 0 bridgehead atoms. The van der Waals surface area contributed by atoms with E-state index in [0.29, 0.717) is 17.2 Å². The zero-order valence-electron chi connectivity index (χ0n) is 14.2. The molecule has 0 radical (unpaired) electrons. The Labute approximate surface area is 146 Å². The van der Waals surface area contributed by atoms with Crippen LogP contribution in [0.1, 0.15) is 13.8 Å². The predicted molar refractivity (Wildman–Crippen MR) is 100 cm³/mol. The van der Waals surface area contributed by atoms with E-state index in [-0.39, 0.29) is 5.75 Å². The molecule has 0 saturated heterocycles. The lowest BCUT2D eigenvalue weighted by Crippen LogP contribution is -1.82. The van der Waals surface area contributed by atoms with Crippen molar-refractivity contribution in [2.45, 2.75) is 13.8 Å². The van der Waals surface area contributed by atoms with Gasteiger partial charge in [-0.05, 0) is 5.56 Å². The van der Waals surface area contributed by atoms with Gasteiger partial charge in [0, 0.05) is 5.56 Å². The maximum Gasteiger partial charge on any atom is 0.172 e. The van der Waals surface area contributed by atoms with Crippen LogP contribution in [0.2, 0.25) is 0 Å². The second kappa shape index (κ2) is 7.49. The van der Waals surface area contributed by atoms with Gasteiger partial charge < -0.3 is 10.1 Å². The molecular weight excluding hydrogens is 312 g/mol. The van der Waals surface area contributed by atoms with Gasteiger partial charge in [0.2, 0.25) is 0 Å². The van der Waals surface area contributed by atoms with E-state index in [1.54, 1.807) is 6.20 Å². The summed E-state index contributed by atoms with van der Waals surface area (Å²) < 4.78 is 0. The first kappa shape index (κ1) is 16.5. The highest BCUT2D eigenvalue weighted by Gasteiger charge is 2.17. The smallest absolute Gasteiger partial charge is 0.172 e. The molecule has 2 heterocycles. The highest BCUT2D eigenvalue weighted by molar-refractivity contribution is 5.75. The van der Waals surface area contributed by atoms with Crippen LogP contribution in [-0.4, -0.2) is 25.3 Å². The van der Waals surface area contributed by atoms with Crippen LogP contribution in [-0.2, 0) is 0 Å². The highest BCUT2D eigenvalue weighted by atomic mass is 16.3. The molecule has 0 fully saturated rings. The van der Waals surface area contributed by atoms with Crippen molar-refractivity contribution in [1.82, 2.24) is 20.2 Å². The van der Waals surface area contributed by atoms with Crippen LogP contribution < -0.4 is 0 Å². The van der Waals surface area contributed by atoms with Gasteiger partial charge in [-0.1, -0.05) is 74.5 Å². The number of hydrogen-bond donors (Lipinski definition) is 3. The van der Waals surface area contributed by atoms with Gasteiger partial charge in [-0.25, -0.2) is 4.98 Å². The summed E-state index contributed by atoms with van der Waals surface area (Å²) in [7, 11) is 0. The van der Waals surface area contributed by atoms with Crippen LogP contribution in [0, 0.1) is 0 Å². The molecule has 5 nitrogen and oxygen atoms in total. The van der Waals surface area contributed by atoms with Gasteiger partial charge in [-0.2, -0.15) is 5.10 Å². The van der Waals surface area contributed by atoms with Crippen molar-refractivity contribution in [3.05, 3.63) is 66.9 Å². The summed E-state index contributed by atoms with van der Waals surface area (Å²) in [6.07, 6.45) is 1.74. The zero-order valence-corrected chi connectivity index (χ0v) is 14.2. The third-order valence-electron chi connectivity index (χ3n) is 3.69. The molecule has 4 rings (SSSR count). The van der Waals surface area contributed by atoms with Gasteiger partial charge in [0.05, 0.1) is 11.9 Å². The zero-order chi connectivity index (χ0) is 17.6. The Morgan fingerprint density at radius 3 is 2.08 bits per heavy atom. The van der Waals surface area contributed by atoms with Crippen LogP contribution in [0.5, 0.6) is 5.75 Å². The number of aromatic amines is 2. The normalized spacial score (nSPS) is 10.2. The van der Waals surface area contributed by atoms with Crippen molar-refractivity contribution in [3.63, 3.8) is 0 Å². The minimum Gasteiger partial charge on any atom is -0.504 e. The molecule has 5 heteroatoms. The molecule has 2 aromatic heterocycles. The van der Waals surface area contributed by atoms with Gasteiger partial charge in [0.25, 0.3) is 0 Å². The van der Waals surface area contributed by atoms with Crippen LogP contribution in [0.15, 0.2) is 66.9 Å². The summed E-state index contributed by atoms with van der Waals surface area (Å²) in [4.78, 5) is 7.55. The number of benzene rings is 2. The SMILES string of the molecule is CC.Oc1c(-c2ccccc2)n[nH]c1-c1ncc(-c2ccccc2)[nH]1. The molecule has 0 aliphatic heterocycles. The molecule has 2 aromatic carbocycles.